The minimum Gasteiger partial charge on any atom is -0.404 e. The highest BCUT2D eigenvalue weighted by molar-refractivity contribution is 6.99. The van der Waals surface area contributed by atoms with Gasteiger partial charge < -0.3 is 9.53 Å². The molecule has 2 aromatic carbocycles. The molecule has 0 bridgehead atoms. The lowest BCUT2D eigenvalue weighted by Crippen LogP contribution is -2.67. The van der Waals surface area contributed by atoms with Gasteiger partial charge in [-0.2, -0.15) is 0 Å². The van der Waals surface area contributed by atoms with Crippen LogP contribution in [0.2, 0.25) is 5.04 Å². The summed E-state index contributed by atoms with van der Waals surface area (Å²) < 4.78 is 7.21. The summed E-state index contributed by atoms with van der Waals surface area (Å²) in [6.45, 7) is 9.34. The van der Waals surface area contributed by atoms with Crippen molar-refractivity contribution in [2.24, 2.45) is 0 Å². The number of allylic oxidation sites excluding steroid dienone is 1. The van der Waals surface area contributed by atoms with Gasteiger partial charge in [0.05, 0.1) is 6.10 Å². The number of benzene rings is 2. The van der Waals surface area contributed by atoms with E-state index in [1.807, 2.05) is 0 Å². The quantitative estimate of drug-likeness (QED) is 0.174. The van der Waals surface area contributed by atoms with Gasteiger partial charge in [-0.15, -0.1) is 0 Å². The smallest absolute Gasteiger partial charge is 0.261 e. The van der Waals surface area contributed by atoms with Crippen LogP contribution in [-0.2, 0) is 4.43 Å². The Morgan fingerprint density at radius 1 is 0.818 bits per heavy atom. The molecule has 0 heterocycles. The van der Waals surface area contributed by atoms with E-state index in [1.54, 1.807) is 0 Å². The summed E-state index contributed by atoms with van der Waals surface area (Å²) in [6.07, 6.45) is 15.2. The van der Waals surface area contributed by atoms with Crippen molar-refractivity contribution in [2.45, 2.75) is 96.6 Å². The van der Waals surface area contributed by atoms with Gasteiger partial charge in [-0.05, 0) is 41.1 Å². The van der Waals surface area contributed by atoms with Gasteiger partial charge in [0.2, 0.25) is 0 Å². The second-order valence-electron chi connectivity index (χ2n) is 10.2. The zero-order valence-electron chi connectivity index (χ0n) is 21.4. The summed E-state index contributed by atoms with van der Waals surface area (Å²) in [5.41, 5.74) is 0. The lowest BCUT2D eigenvalue weighted by Gasteiger charge is -2.45. The Balaban J connectivity index is 2.19. The van der Waals surface area contributed by atoms with E-state index in [0.29, 0.717) is 6.42 Å². The summed E-state index contributed by atoms with van der Waals surface area (Å²) in [4.78, 5) is 0. The first-order valence-electron chi connectivity index (χ1n) is 13.0. The molecule has 2 nitrogen and oxygen atoms in total. The van der Waals surface area contributed by atoms with Crippen molar-refractivity contribution in [3.05, 3.63) is 72.8 Å². The van der Waals surface area contributed by atoms with E-state index in [9.17, 15) is 5.11 Å². The molecule has 1 atom stereocenters. The Morgan fingerprint density at radius 2 is 1.36 bits per heavy atom. The van der Waals surface area contributed by atoms with Crippen LogP contribution in [0.3, 0.4) is 0 Å². The zero-order chi connectivity index (χ0) is 24.0. The van der Waals surface area contributed by atoms with Crippen LogP contribution in [0, 0.1) is 0 Å². The molecule has 0 saturated heterocycles. The Labute approximate surface area is 204 Å². The summed E-state index contributed by atoms with van der Waals surface area (Å²) >= 11 is 0. The molecular weight excluding hydrogens is 420 g/mol. The van der Waals surface area contributed by atoms with Crippen LogP contribution in [0.15, 0.2) is 72.8 Å². The highest BCUT2D eigenvalue weighted by Crippen LogP contribution is 2.38. The molecule has 0 fully saturated rings. The Kier molecular flexibility index (Phi) is 12.2. The highest BCUT2D eigenvalue weighted by Gasteiger charge is 2.51. The van der Waals surface area contributed by atoms with E-state index in [-0.39, 0.29) is 17.7 Å². The number of aliphatic hydroxyl groups is 1. The third kappa shape index (κ3) is 8.24. The van der Waals surface area contributed by atoms with Crippen LogP contribution >= 0.6 is 0 Å². The monoisotopic (exact) mass is 466 g/mol. The second-order valence-corrected chi connectivity index (χ2v) is 14.4. The fourth-order valence-electron chi connectivity index (χ4n) is 4.72. The largest absolute Gasteiger partial charge is 0.404 e. The first-order valence-corrected chi connectivity index (χ1v) is 14.9. The number of unbranched alkanes of at least 4 members (excludes halogenated alkanes) is 6. The molecule has 3 heteroatoms. The van der Waals surface area contributed by atoms with Gasteiger partial charge in [-0.3, -0.25) is 0 Å². The van der Waals surface area contributed by atoms with Crippen LogP contribution in [0.25, 0.3) is 0 Å². The molecule has 0 aliphatic rings. The van der Waals surface area contributed by atoms with Gasteiger partial charge in [0.1, 0.15) is 0 Å². The van der Waals surface area contributed by atoms with Gasteiger partial charge in [0, 0.05) is 6.61 Å². The predicted octanol–water partition coefficient (Wildman–Crippen LogP) is 7.01. The topological polar surface area (TPSA) is 29.5 Å². The Bertz CT molecular complexity index is 740. The van der Waals surface area contributed by atoms with Crippen molar-refractivity contribution in [1.29, 1.82) is 0 Å². The number of rotatable bonds is 15. The maximum atomic E-state index is 9.83. The van der Waals surface area contributed by atoms with Gasteiger partial charge >= 0.3 is 0 Å². The molecule has 2 aromatic rings. The van der Waals surface area contributed by atoms with E-state index in [1.165, 1.54) is 48.9 Å². The fraction of sp³-hybridized carbons (Fsp3) is 0.533. The average molecular weight is 467 g/mol. The van der Waals surface area contributed by atoms with Crippen molar-refractivity contribution in [3.8, 4) is 0 Å². The maximum absolute atomic E-state index is 9.83. The van der Waals surface area contributed by atoms with Crippen molar-refractivity contribution in [2.75, 3.05) is 6.61 Å². The standard InChI is InChI=1S/C30H46O2Si/c1-5-6-7-8-9-10-11-12-15-20-27(25-26-31)32-33(30(2,3)4,28-21-16-13-17-22-28)29-23-18-14-19-24-29/h12-19,21-24,27,31H,5-11,20,25-26H2,1-4H3/b15-12-. The Morgan fingerprint density at radius 3 is 1.88 bits per heavy atom. The highest BCUT2D eigenvalue weighted by atomic mass is 28.4. The van der Waals surface area contributed by atoms with E-state index in [2.05, 4.69) is 101 Å². The van der Waals surface area contributed by atoms with Crippen LogP contribution in [-0.4, -0.2) is 26.1 Å². The molecule has 33 heavy (non-hydrogen) atoms. The molecule has 0 aliphatic heterocycles. The molecule has 1 N–H and O–H groups in total. The number of hydrogen-bond donors (Lipinski definition) is 1. The number of hydrogen-bond acceptors (Lipinski definition) is 2. The zero-order valence-corrected chi connectivity index (χ0v) is 22.4. The first kappa shape index (κ1) is 27.6. The van der Waals surface area contributed by atoms with Crippen molar-refractivity contribution in [1.82, 2.24) is 0 Å². The van der Waals surface area contributed by atoms with Gasteiger partial charge in [-0.1, -0.05) is 133 Å². The molecule has 2 rings (SSSR count). The minimum atomic E-state index is -2.59. The molecule has 0 aromatic heterocycles. The third-order valence-corrected chi connectivity index (χ3v) is 11.6. The third-order valence-electron chi connectivity index (χ3n) is 6.50. The van der Waals surface area contributed by atoms with Crippen molar-refractivity contribution in [3.63, 3.8) is 0 Å². The summed E-state index contributed by atoms with van der Waals surface area (Å²) in [7, 11) is -2.59. The Hall–Kier alpha value is -1.68. The molecule has 182 valence electrons. The second kappa shape index (κ2) is 14.6. The van der Waals surface area contributed by atoms with Gasteiger partial charge in [-0.25, -0.2) is 0 Å². The molecular formula is C30H46O2Si. The lowest BCUT2D eigenvalue weighted by atomic mass is 10.1. The molecule has 0 spiro atoms. The first-order chi connectivity index (χ1) is 16.0. The number of aliphatic hydroxyl groups excluding tert-OH is 1. The van der Waals surface area contributed by atoms with Crippen molar-refractivity contribution < 1.29 is 9.53 Å². The molecule has 0 aliphatic carbocycles. The van der Waals surface area contributed by atoms with Gasteiger partial charge in [0.25, 0.3) is 8.32 Å². The van der Waals surface area contributed by atoms with Crippen LogP contribution in [0.1, 0.15) is 85.5 Å². The maximum Gasteiger partial charge on any atom is 0.261 e. The van der Waals surface area contributed by atoms with E-state index in [0.717, 1.165) is 12.8 Å². The average Bonchev–Trinajstić information content (AvgIpc) is 2.81. The molecule has 0 amide bonds. The van der Waals surface area contributed by atoms with Crippen LogP contribution in [0.5, 0.6) is 0 Å². The van der Waals surface area contributed by atoms with E-state index in [4.69, 9.17) is 4.43 Å². The SMILES string of the molecule is CCCCCCCC/C=C\CC(CCO)O[Si](c1ccccc1)(c1ccccc1)C(C)(C)C. The summed E-state index contributed by atoms with van der Waals surface area (Å²) in [5, 5.41) is 12.4. The van der Waals surface area contributed by atoms with Crippen LogP contribution < -0.4 is 10.4 Å². The lowest BCUT2D eigenvalue weighted by molar-refractivity contribution is 0.146. The molecule has 0 saturated carbocycles. The van der Waals surface area contributed by atoms with E-state index < -0.39 is 8.32 Å². The predicted molar refractivity (Wildman–Crippen MR) is 146 cm³/mol. The molecule has 1 unspecified atom stereocenters. The van der Waals surface area contributed by atoms with Crippen LogP contribution in [0.4, 0.5) is 0 Å². The fourth-order valence-corrected chi connectivity index (χ4v) is 9.45. The normalized spacial score (nSPS) is 13.5. The molecule has 0 radical (unpaired) electrons. The van der Waals surface area contributed by atoms with Crippen molar-refractivity contribution >= 4 is 18.7 Å². The summed E-state index contributed by atoms with van der Waals surface area (Å²) in [6, 6.07) is 21.6. The van der Waals surface area contributed by atoms with E-state index >= 15 is 0 Å². The summed E-state index contributed by atoms with van der Waals surface area (Å²) in [5.74, 6) is 0. The van der Waals surface area contributed by atoms with Gasteiger partial charge in [0.15, 0.2) is 0 Å². The minimum absolute atomic E-state index is 0.00195.